The van der Waals surface area contributed by atoms with Gasteiger partial charge in [-0.25, -0.2) is 0 Å². The molecule has 2 aliphatic rings. The van der Waals surface area contributed by atoms with Crippen molar-refractivity contribution in [3.8, 4) is 0 Å². The summed E-state index contributed by atoms with van der Waals surface area (Å²) in [6.45, 7) is 3.08. The molecule has 0 saturated carbocycles. The van der Waals surface area contributed by atoms with Crippen molar-refractivity contribution < 1.29 is 4.74 Å². The Bertz CT molecular complexity index is 435. The number of hydrogen-bond donors (Lipinski definition) is 2. The maximum atomic E-state index is 6.03. The molecule has 3 unspecified atom stereocenters. The minimum Gasteiger partial charge on any atom is -0.374 e. The van der Waals surface area contributed by atoms with Gasteiger partial charge in [-0.05, 0) is 37.8 Å². The van der Waals surface area contributed by atoms with Crippen LogP contribution in [0.2, 0.25) is 0 Å². The second-order valence-electron chi connectivity index (χ2n) is 6.00. The first-order valence-electron chi connectivity index (χ1n) is 7.55. The first-order valence-corrected chi connectivity index (χ1v) is 7.55. The van der Waals surface area contributed by atoms with Crippen LogP contribution >= 0.6 is 0 Å². The van der Waals surface area contributed by atoms with Crippen molar-refractivity contribution in [3.05, 3.63) is 18.0 Å². The molecule has 2 saturated heterocycles. The van der Waals surface area contributed by atoms with Gasteiger partial charge in [0.25, 0.3) is 0 Å². The Balaban J connectivity index is 1.53. The highest BCUT2D eigenvalue weighted by Gasteiger charge is 2.35. The van der Waals surface area contributed by atoms with Gasteiger partial charge in [-0.1, -0.05) is 0 Å². The number of aryl methyl sites for hydroxylation is 2. The highest BCUT2D eigenvalue weighted by molar-refractivity contribution is 5.04. The van der Waals surface area contributed by atoms with Crippen molar-refractivity contribution in [3.63, 3.8) is 0 Å². The number of ether oxygens (including phenoxy) is 1. The Morgan fingerprint density at radius 1 is 1.60 bits per heavy atom. The number of morpholine rings is 1. The van der Waals surface area contributed by atoms with Gasteiger partial charge < -0.3 is 4.74 Å². The molecule has 2 fully saturated rings. The van der Waals surface area contributed by atoms with Gasteiger partial charge in [-0.2, -0.15) is 5.10 Å². The van der Waals surface area contributed by atoms with Crippen LogP contribution in [-0.2, 0) is 18.2 Å². The lowest BCUT2D eigenvalue weighted by Gasteiger charge is -2.38. The number of aromatic nitrogens is 2. The Kier molecular flexibility index (Phi) is 4.35. The Morgan fingerprint density at radius 3 is 3.25 bits per heavy atom. The van der Waals surface area contributed by atoms with E-state index in [2.05, 4.69) is 21.6 Å². The molecular formula is C14H25N5O. The van der Waals surface area contributed by atoms with E-state index in [1.54, 1.807) is 0 Å². The molecule has 2 aliphatic heterocycles. The van der Waals surface area contributed by atoms with E-state index in [-0.39, 0.29) is 12.1 Å². The number of rotatable bonds is 5. The van der Waals surface area contributed by atoms with Crippen molar-refractivity contribution in [2.24, 2.45) is 12.9 Å². The molecule has 112 valence electrons. The third-order valence-electron chi connectivity index (χ3n) is 4.58. The molecule has 20 heavy (non-hydrogen) atoms. The number of nitrogens with zero attached hydrogens (tertiary/aromatic N) is 3. The first kappa shape index (κ1) is 14.0. The van der Waals surface area contributed by atoms with Crippen molar-refractivity contribution in [2.45, 2.75) is 43.9 Å². The molecule has 0 aromatic carbocycles. The number of nitrogens with two attached hydrogens (primary N) is 1. The Morgan fingerprint density at radius 2 is 2.50 bits per heavy atom. The summed E-state index contributed by atoms with van der Waals surface area (Å²) in [5.41, 5.74) is 4.20. The van der Waals surface area contributed by atoms with Crippen LogP contribution < -0.4 is 11.3 Å². The van der Waals surface area contributed by atoms with Gasteiger partial charge in [0.05, 0.1) is 18.9 Å². The van der Waals surface area contributed by atoms with E-state index in [1.807, 2.05) is 17.9 Å². The fourth-order valence-electron chi connectivity index (χ4n) is 3.39. The third-order valence-corrected chi connectivity index (χ3v) is 4.58. The van der Waals surface area contributed by atoms with Crippen LogP contribution in [-0.4, -0.2) is 52.6 Å². The number of hydrogen-bond acceptors (Lipinski definition) is 5. The van der Waals surface area contributed by atoms with E-state index < -0.39 is 0 Å². The molecule has 1 aromatic rings. The van der Waals surface area contributed by atoms with Gasteiger partial charge in [-0.3, -0.25) is 20.9 Å². The number of nitrogens with one attached hydrogen (secondary N) is 1. The summed E-state index contributed by atoms with van der Waals surface area (Å²) < 4.78 is 7.87. The standard InChI is InChI=1S/C14H25N5O/c1-18-8-11(7-16-18)4-5-13(17-15)14-9-19-6-2-3-12(19)10-20-14/h7-8,12-14,17H,2-6,9-10,15H2,1H3. The smallest absolute Gasteiger partial charge is 0.0869 e. The molecule has 1 aromatic heterocycles. The zero-order valence-electron chi connectivity index (χ0n) is 12.2. The molecule has 3 N–H and O–H groups in total. The summed E-state index contributed by atoms with van der Waals surface area (Å²) in [5.74, 6) is 5.74. The predicted molar refractivity (Wildman–Crippen MR) is 77.0 cm³/mol. The molecule has 6 heteroatoms. The SMILES string of the molecule is Cn1cc(CCC(NN)C2CN3CCCC3CO2)cn1. The van der Waals surface area contributed by atoms with Crippen molar-refractivity contribution >= 4 is 0 Å². The maximum Gasteiger partial charge on any atom is 0.0869 e. The average molecular weight is 279 g/mol. The number of hydrazine groups is 1. The summed E-state index contributed by atoms with van der Waals surface area (Å²) in [6, 6.07) is 0.847. The Labute approximate surface area is 120 Å². The van der Waals surface area contributed by atoms with Gasteiger partial charge in [0.15, 0.2) is 0 Å². The van der Waals surface area contributed by atoms with Crippen molar-refractivity contribution in [1.29, 1.82) is 0 Å². The van der Waals surface area contributed by atoms with Crippen LogP contribution in [0.5, 0.6) is 0 Å². The molecular weight excluding hydrogens is 254 g/mol. The minimum atomic E-state index is 0.200. The van der Waals surface area contributed by atoms with Gasteiger partial charge >= 0.3 is 0 Å². The summed E-state index contributed by atoms with van der Waals surface area (Å²) in [6.07, 6.45) is 8.72. The third kappa shape index (κ3) is 3.03. The van der Waals surface area contributed by atoms with Crippen LogP contribution in [0.4, 0.5) is 0 Å². The topological polar surface area (TPSA) is 68.3 Å². The average Bonchev–Trinajstić information content (AvgIpc) is 3.07. The van der Waals surface area contributed by atoms with Crippen LogP contribution in [0.1, 0.15) is 24.8 Å². The summed E-state index contributed by atoms with van der Waals surface area (Å²) in [4.78, 5) is 2.56. The lowest BCUT2D eigenvalue weighted by atomic mass is 10.0. The second kappa shape index (κ2) is 6.22. The van der Waals surface area contributed by atoms with Gasteiger partial charge in [-0.15, -0.1) is 0 Å². The van der Waals surface area contributed by atoms with Gasteiger partial charge in [0, 0.05) is 31.9 Å². The van der Waals surface area contributed by atoms with Crippen molar-refractivity contribution in [1.82, 2.24) is 20.1 Å². The summed E-state index contributed by atoms with van der Waals surface area (Å²) in [5, 5.41) is 4.20. The van der Waals surface area contributed by atoms with Crippen molar-refractivity contribution in [2.75, 3.05) is 19.7 Å². The highest BCUT2D eigenvalue weighted by atomic mass is 16.5. The predicted octanol–water partition coefficient (Wildman–Crippen LogP) is 0.0478. The quantitative estimate of drug-likeness (QED) is 0.589. The van der Waals surface area contributed by atoms with E-state index in [0.717, 1.165) is 26.0 Å². The van der Waals surface area contributed by atoms with E-state index in [4.69, 9.17) is 10.6 Å². The van der Waals surface area contributed by atoms with Crippen LogP contribution in [0.25, 0.3) is 0 Å². The summed E-state index contributed by atoms with van der Waals surface area (Å²) in [7, 11) is 1.94. The normalized spacial score (nSPS) is 28.5. The second-order valence-corrected chi connectivity index (χ2v) is 6.00. The first-order chi connectivity index (χ1) is 9.76. The summed E-state index contributed by atoms with van der Waals surface area (Å²) >= 11 is 0. The minimum absolute atomic E-state index is 0.200. The lowest BCUT2D eigenvalue weighted by molar-refractivity contribution is -0.0656. The Hall–Kier alpha value is -0.950. The molecule has 0 amide bonds. The molecule has 0 aliphatic carbocycles. The lowest BCUT2D eigenvalue weighted by Crippen LogP contribution is -2.55. The van der Waals surface area contributed by atoms with Gasteiger partial charge in [0.1, 0.15) is 0 Å². The van der Waals surface area contributed by atoms with E-state index in [0.29, 0.717) is 6.04 Å². The van der Waals surface area contributed by atoms with E-state index in [9.17, 15) is 0 Å². The van der Waals surface area contributed by atoms with E-state index in [1.165, 1.54) is 24.9 Å². The molecule has 6 nitrogen and oxygen atoms in total. The van der Waals surface area contributed by atoms with E-state index >= 15 is 0 Å². The fourth-order valence-corrected chi connectivity index (χ4v) is 3.39. The zero-order valence-corrected chi connectivity index (χ0v) is 12.2. The molecule has 0 spiro atoms. The molecule has 3 atom stereocenters. The molecule has 3 heterocycles. The van der Waals surface area contributed by atoms with Gasteiger partial charge in [0.2, 0.25) is 0 Å². The zero-order chi connectivity index (χ0) is 13.9. The van der Waals surface area contributed by atoms with Crippen LogP contribution in [0.3, 0.4) is 0 Å². The largest absolute Gasteiger partial charge is 0.374 e. The monoisotopic (exact) mass is 279 g/mol. The number of fused-ring (bicyclic) bond motifs is 1. The maximum absolute atomic E-state index is 6.03. The van der Waals surface area contributed by atoms with Crippen LogP contribution in [0, 0.1) is 0 Å². The highest BCUT2D eigenvalue weighted by Crippen LogP contribution is 2.24. The molecule has 0 radical (unpaired) electrons. The molecule has 0 bridgehead atoms. The fraction of sp³-hybridized carbons (Fsp3) is 0.786. The van der Waals surface area contributed by atoms with Crippen LogP contribution in [0.15, 0.2) is 12.4 Å². The molecule has 3 rings (SSSR count).